The molecule has 2 N–H and O–H groups in total. The minimum absolute atomic E-state index is 0.0133. The van der Waals surface area contributed by atoms with Crippen LogP contribution in [0.1, 0.15) is 16.1 Å². The van der Waals surface area contributed by atoms with Crippen molar-refractivity contribution in [2.75, 3.05) is 0 Å². The molecule has 0 fully saturated rings. The zero-order chi connectivity index (χ0) is 10.7. The number of nitrogens with zero attached hydrogens (tertiary/aromatic N) is 2. The molecule has 6 heteroatoms. The Morgan fingerprint density at radius 2 is 2.14 bits per heavy atom. The number of carbonyl (C=O) groups is 2. The molecule has 1 heterocycles. The normalized spacial score (nSPS) is 9.36. The van der Waals surface area contributed by atoms with E-state index < -0.39 is 12.1 Å². The van der Waals surface area contributed by atoms with E-state index in [9.17, 15) is 9.59 Å². The molecule has 1 rings (SSSR count). The Balaban J connectivity index is 3.20. The molecule has 72 valence electrons. The van der Waals surface area contributed by atoms with E-state index in [1.807, 2.05) is 0 Å². The Labute approximate surface area is 78.6 Å². The molecule has 0 spiro atoms. The molecule has 14 heavy (non-hydrogen) atoms. The lowest BCUT2D eigenvalue weighted by Gasteiger charge is -1.96. The van der Waals surface area contributed by atoms with E-state index in [0.29, 0.717) is 10.1 Å². The van der Waals surface area contributed by atoms with Crippen LogP contribution in [0.4, 0.5) is 4.79 Å². The van der Waals surface area contributed by atoms with Crippen LogP contribution in [-0.4, -0.2) is 26.8 Å². The first-order chi connectivity index (χ1) is 6.56. The number of rotatable bonds is 2. The molecule has 0 radical (unpaired) electrons. The molecule has 0 bridgehead atoms. The van der Waals surface area contributed by atoms with E-state index in [1.165, 1.54) is 6.07 Å². The fourth-order valence-electron chi connectivity index (χ4n) is 1.03. The largest absolute Gasteiger partial charge is 0.477 e. The molecule has 0 unspecified atom stereocenters. The standard InChI is InChI=1S/C8H6N2O4/c9-2-1-5-3-6(7(11)12)10(4-5)8(13)14/h3-4H,1H2,(H,11,12)(H,13,14). The highest BCUT2D eigenvalue weighted by Gasteiger charge is 2.16. The van der Waals surface area contributed by atoms with Crippen LogP contribution in [0.5, 0.6) is 0 Å². The SMILES string of the molecule is N#CCc1cc(C(=O)O)n(C(=O)O)c1. The van der Waals surface area contributed by atoms with Crippen molar-refractivity contribution in [1.82, 2.24) is 4.57 Å². The van der Waals surface area contributed by atoms with Gasteiger partial charge in [0.25, 0.3) is 0 Å². The van der Waals surface area contributed by atoms with Crippen LogP contribution in [0.15, 0.2) is 12.3 Å². The van der Waals surface area contributed by atoms with Gasteiger partial charge in [0, 0.05) is 6.20 Å². The molecule has 0 aliphatic rings. The van der Waals surface area contributed by atoms with Gasteiger partial charge < -0.3 is 10.2 Å². The summed E-state index contributed by atoms with van der Waals surface area (Å²) in [5.41, 5.74) is 0.00931. The molecule has 0 atom stereocenters. The van der Waals surface area contributed by atoms with Crippen LogP contribution >= 0.6 is 0 Å². The van der Waals surface area contributed by atoms with Crippen molar-refractivity contribution in [3.8, 4) is 6.07 Å². The average Bonchev–Trinajstić information content (AvgIpc) is 2.49. The Bertz CT molecular complexity index is 396. The zero-order valence-corrected chi connectivity index (χ0v) is 6.97. The van der Waals surface area contributed by atoms with E-state index in [2.05, 4.69) is 0 Å². The van der Waals surface area contributed by atoms with Gasteiger partial charge in [-0.25, -0.2) is 14.2 Å². The maximum atomic E-state index is 10.6. The third-order valence-corrected chi connectivity index (χ3v) is 1.58. The fraction of sp³-hybridized carbons (Fsp3) is 0.125. The summed E-state index contributed by atoms with van der Waals surface area (Å²) in [6.45, 7) is 0. The summed E-state index contributed by atoms with van der Waals surface area (Å²) >= 11 is 0. The van der Waals surface area contributed by atoms with Crippen LogP contribution in [0.25, 0.3) is 0 Å². The number of nitriles is 1. The predicted molar refractivity (Wildman–Crippen MR) is 44.1 cm³/mol. The summed E-state index contributed by atoms with van der Waals surface area (Å²) in [7, 11) is 0. The van der Waals surface area contributed by atoms with Crippen LogP contribution in [0.2, 0.25) is 0 Å². The van der Waals surface area contributed by atoms with Gasteiger partial charge in [0.1, 0.15) is 5.69 Å². The van der Waals surface area contributed by atoms with E-state index in [-0.39, 0.29) is 12.1 Å². The highest BCUT2D eigenvalue weighted by molar-refractivity contribution is 5.90. The van der Waals surface area contributed by atoms with Crippen molar-refractivity contribution in [3.63, 3.8) is 0 Å². The van der Waals surface area contributed by atoms with Gasteiger partial charge in [-0.15, -0.1) is 0 Å². The Kier molecular flexibility index (Phi) is 2.53. The quantitative estimate of drug-likeness (QED) is 0.723. The molecule has 0 aliphatic heterocycles. The summed E-state index contributed by atoms with van der Waals surface area (Å²) in [6, 6.07) is 2.97. The summed E-state index contributed by atoms with van der Waals surface area (Å²) in [5, 5.41) is 25.6. The average molecular weight is 194 g/mol. The number of carboxylic acid groups (broad SMARTS) is 2. The summed E-state index contributed by atoms with van der Waals surface area (Å²) in [4.78, 5) is 21.1. The Hall–Kier alpha value is -2.29. The maximum Gasteiger partial charge on any atom is 0.416 e. The van der Waals surface area contributed by atoms with E-state index in [1.54, 1.807) is 6.07 Å². The molecular weight excluding hydrogens is 188 g/mol. The van der Waals surface area contributed by atoms with Crippen LogP contribution < -0.4 is 0 Å². The number of carboxylic acids is 1. The highest BCUT2D eigenvalue weighted by atomic mass is 16.4. The first-order valence-corrected chi connectivity index (χ1v) is 3.61. The third kappa shape index (κ3) is 1.72. The van der Waals surface area contributed by atoms with Gasteiger partial charge in [0.15, 0.2) is 0 Å². The van der Waals surface area contributed by atoms with E-state index in [4.69, 9.17) is 15.5 Å². The van der Waals surface area contributed by atoms with Crippen molar-refractivity contribution >= 4 is 12.1 Å². The lowest BCUT2D eigenvalue weighted by atomic mass is 10.2. The smallest absolute Gasteiger partial charge is 0.416 e. The summed E-state index contributed by atoms with van der Waals surface area (Å²) < 4.78 is 0.578. The minimum Gasteiger partial charge on any atom is -0.477 e. The van der Waals surface area contributed by atoms with E-state index >= 15 is 0 Å². The third-order valence-electron chi connectivity index (χ3n) is 1.58. The molecule has 0 aliphatic carbocycles. The molecule has 1 aromatic rings. The molecular formula is C8H6N2O4. The second-order valence-corrected chi connectivity index (χ2v) is 2.53. The molecule has 0 aromatic carbocycles. The number of hydrogen-bond donors (Lipinski definition) is 2. The van der Waals surface area contributed by atoms with Crippen LogP contribution in [-0.2, 0) is 6.42 Å². The van der Waals surface area contributed by atoms with Gasteiger partial charge in [0.05, 0.1) is 12.5 Å². The lowest BCUT2D eigenvalue weighted by Crippen LogP contribution is -2.13. The molecule has 0 saturated heterocycles. The van der Waals surface area contributed by atoms with Crippen LogP contribution in [0.3, 0.4) is 0 Å². The van der Waals surface area contributed by atoms with Crippen LogP contribution in [0, 0.1) is 11.3 Å². The summed E-state index contributed by atoms with van der Waals surface area (Å²) in [5.74, 6) is -1.34. The molecule has 0 amide bonds. The van der Waals surface area contributed by atoms with Gasteiger partial charge in [-0.05, 0) is 11.6 Å². The monoisotopic (exact) mass is 194 g/mol. The first-order valence-electron chi connectivity index (χ1n) is 3.61. The lowest BCUT2D eigenvalue weighted by molar-refractivity contribution is 0.0684. The molecule has 1 aromatic heterocycles. The Morgan fingerprint density at radius 3 is 2.50 bits per heavy atom. The second kappa shape index (κ2) is 3.62. The van der Waals surface area contributed by atoms with Gasteiger partial charge in [-0.3, -0.25) is 0 Å². The van der Waals surface area contributed by atoms with E-state index in [0.717, 1.165) is 6.20 Å². The number of aromatic nitrogens is 1. The molecule has 6 nitrogen and oxygen atoms in total. The van der Waals surface area contributed by atoms with Gasteiger partial charge >= 0.3 is 12.1 Å². The van der Waals surface area contributed by atoms with Crippen molar-refractivity contribution in [1.29, 1.82) is 5.26 Å². The van der Waals surface area contributed by atoms with Gasteiger partial charge in [-0.1, -0.05) is 0 Å². The van der Waals surface area contributed by atoms with Gasteiger partial charge in [0.2, 0.25) is 0 Å². The first kappa shape index (κ1) is 9.80. The Morgan fingerprint density at radius 1 is 1.50 bits per heavy atom. The number of aromatic carboxylic acids is 1. The topological polar surface area (TPSA) is 103 Å². The maximum absolute atomic E-state index is 10.6. The van der Waals surface area contributed by atoms with Crippen molar-refractivity contribution in [2.45, 2.75) is 6.42 Å². The minimum atomic E-state index is -1.38. The predicted octanol–water partition coefficient (Wildman–Crippen LogP) is 0.778. The number of hydrogen-bond acceptors (Lipinski definition) is 3. The fourth-order valence-corrected chi connectivity index (χ4v) is 1.03. The van der Waals surface area contributed by atoms with Gasteiger partial charge in [-0.2, -0.15) is 5.26 Å². The van der Waals surface area contributed by atoms with Crippen molar-refractivity contribution in [3.05, 3.63) is 23.5 Å². The molecule has 0 saturated carbocycles. The zero-order valence-electron chi connectivity index (χ0n) is 6.97. The van der Waals surface area contributed by atoms with Crippen molar-refractivity contribution < 1.29 is 19.8 Å². The second-order valence-electron chi connectivity index (χ2n) is 2.53. The highest BCUT2D eigenvalue weighted by Crippen LogP contribution is 2.09. The van der Waals surface area contributed by atoms with Crippen molar-refractivity contribution in [2.24, 2.45) is 0 Å². The summed E-state index contributed by atoms with van der Waals surface area (Å²) in [6.07, 6.45) is -0.276.